The zero-order chi connectivity index (χ0) is 14.8. The normalized spacial score (nSPS) is 16.9. The highest BCUT2D eigenvalue weighted by Gasteiger charge is 2.43. The number of carboxylic acid groups (broad SMARTS) is 1. The van der Waals surface area contributed by atoms with Crippen molar-refractivity contribution in [1.82, 2.24) is 0 Å². The molecule has 1 saturated carbocycles. The first-order valence-electron chi connectivity index (χ1n) is 7.01. The number of aryl methyl sites for hydroxylation is 1. The molecule has 0 saturated heterocycles. The topological polar surface area (TPSA) is 57.6 Å². The van der Waals surface area contributed by atoms with Gasteiger partial charge in [-0.25, -0.2) is 0 Å². The van der Waals surface area contributed by atoms with Crippen LogP contribution in [0.15, 0.2) is 24.3 Å². The van der Waals surface area contributed by atoms with Crippen LogP contribution < -0.4 is 4.90 Å². The molecule has 0 radical (unpaired) electrons. The second-order valence-corrected chi connectivity index (χ2v) is 5.76. The molecule has 1 aliphatic carbocycles. The average molecular weight is 275 g/mol. The standard InChI is InChI=1S/C16H21NO3/c1-12-5-7-13(8-6-12)17(2)14(18)11-16(15(19)20)9-3-4-10-16/h5-8H,3-4,9-11H2,1-2H3,(H,19,20). The minimum Gasteiger partial charge on any atom is -0.481 e. The number of benzene rings is 1. The molecule has 1 aromatic carbocycles. The Morgan fingerprint density at radius 2 is 1.75 bits per heavy atom. The van der Waals surface area contributed by atoms with E-state index in [0.717, 1.165) is 24.1 Å². The van der Waals surface area contributed by atoms with Crippen LogP contribution in [0.5, 0.6) is 0 Å². The van der Waals surface area contributed by atoms with E-state index in [1.165, 1.54) is 0 Å². The number of aliphatic carboxylic acids is 1. The molecule has 1 amide bonds. The van der Waals surface area contributed by atoms with Gasteiger partial charge in [0.05, 0.1) is 5.41 Å². The summed E-state index contributed by atoms with van der Waals surface area (Å²) in [6.07, 6.45) is 3.10. The average Bonchev–Trinajstić information content (AvgIpc) is 2.88. The largest absolute Gasteiger partial charge is 0.481 e. The fourth-order valence-corrected chi connectivity index (χ4v) is 2.84. The van der Waals surface area contributed by atoms with Crippen LogP contribution in [0.4, 0.5) is 5.69 Å². The van der Waals surface area contributed by atoms with Crippen LogP contribution in [0.25, 0.3) is 0 Å². The van der Waals surface area contributed by atoms with Crippen LogP contribution in [0.1, 0.15) is 37.7 Å². The summed E-state index contributed by atoms with van der Waals surface area (Å²) in [5, 5.41) is 9.43. The Hall–Kier alpha value is -1.84. The van der Waals surface area contributed by atoms with Crippen LogP contribution in [-0.4, -0.2) is 24.0 Å². The second kappa shape index (κ2) is 5.65. The van der Waals surface area contributed by atoms with Gasteiger partial charge in [0.25, 0.3) is 0 Å². The molecule has 0 bridgehead atoms. The summed E-state index contributed by atoms with van der Waals surface area (Å²) in [5.74, 6) is -0.959. The lowest BCUT2D eigenvalue weighted by Gasteiger charge is -2.26. The van der Waals surface area contributed by atoms with Crippen LogP contribution in [0.3, 0.4) is 0 Å². The number of carbonyl (C=O) groups is 2. The number of hydrogen-bond acceptors (Lipinski definition) is 2. The van der Waals surface area contributed by atoms with E-state index in [1.807, 2.05) is 31.2 Å². The van der Waals surface area contributed by atoms with Crippen molar-refractivity contribution < 1.29 is 14.7 Å². The van der Waals surface area contributed by atoms with E-state index in [9.17, 15) is 14.7 Å². The van der Waals surface area contributed by atoms with Crippen molar-refractivity contribution in [2.24, 2.45) is 5.41 Å². The highest BCUT2D eigenvalue weighted by Crippen LogP contribution is 2.41. The first-order chi connectivity index (χ1) is 9.44. The van der Waals surface area contributed by atoms with E-state index < -0.39 is 11.4 Å². The Morgan fingerprint density at radius 3 is 2.25 bits per heavy atom. The smallest absolute Gasteiger partial charge is 0.310 e. The molecule has 0 atom stereocenters. The highest BCUT2D eigenvalue weighted by atomic mass is 16.4. The van der Waals surface area contributed by atoms with Gasteiger partial charge in [-0.3, -0.25) is 9.59 Å². The summed E-state index contributed by atoms with van der Waals surface area (Å²) in [6, 6.07) is 7.66. The minimum atomic E-state index is -0.851. The van der Waals surface area contributed by atoms with Crippen LogP contribution in [-0.2, 0) is 9.59 Å². The third-order valence-electron chi connectivity index (χ3n) is 4.30. The first-order valence-corrected chi connectivity index (χ1v) is 7.01. The van der Waals surface area contributed by atoms with Crippen LogP contribution in [0, 0.1) is 12.3 Å². The maximum Gasteiger partial charge on any atom is 0.310 e. The maximum absolute atomic E-state index is 12.4. The molecule has 20 heavy (non-hydrogen) atoms. The Kier molecular flexibility index (Phi) is 4.12. The lowest BCUT2D eigenvalue weighted by Crippen LogP contribution is -2.36. The molecule has 0 spiro atoms. The van der Waals surface area contributed by atoms with Crippen LogP contribution in [0.2, 0.25) is 0 Å². The predicted octanol–water partition coefficient (Wildman–Crippen LogP) is 2.99. The summed E-state index contributed by atoms with van der Waals surface area (Å²) in [7, 11) is 1.71. The molecule has 1 fully saturated rings. The van der Waals surface area contributed by atoms with E-state index >= 15 is 0 Å². The van der Waals surface area contributed by atoms with E-state index in [4.69, 9.17) is 0 Å². The molecular formula is C16H21NO3. The third kappa shape index (κ3) is 2.84. The van der Waals surface area contributed by atoms with Crippen molar-refractivity contribution in [3.8, 4) is 0 Å². The molecule has 4 nitrogen and oxygen atoms in total. The van der Waals surface area contributed by atoms with E-state index in [0.29, 0.717) is 12.8 Å². The summed E-state index contributed by atoms with van der Waals surface area (Å²) >= 11 is 0. The maximum atomic E-state index is 12.4. The van der Waals surface area contributed by atoms with Gasteiger partial charge in [-0.2, -0.15) is 0 Å². The predicted molar refractivity (Wildman–Crippen MR) is 77.7 cm³/mol. The number of rotatable bonds is 4. The molecule has 0 aliphatic heterocycles. The quantitative estimate of drug-likeness (QED) is 0.919. The highest BCUT2D eigenvalue weighted by molar-refractivity contribution is 5.96. The van der Waals surface area contributed by atoms with Gasteiger partial charge in [-0.05, 0) is 31.9 Å². The Morgan fingerprint density at radius 1 is 1.20 bits per heavy atom. The molecular weight excluding hydrogens is 254 g/mol. The summed E-state index contributed by atoms with van der Waals surface area (Å²) < 4.78 is 0. The van der Waals surface area contributed by atoms with Gasteiger partial charge in [0.1, 0.15) is 0 Å². The molecule has 0 unspecified atom stereocenters. The van der Waals surface area contributed by atoms with Gasteiger partial charge in [-0.15, -0.1) is 0 Å². The summed E-state index contributed by atoms with van der Waals surface area (Å²) in [6.45, 7) is 1.99. The van der Waals surface area contributed by atoms with Gasteiger partial charge in [-0.1, -0.05) is 30.5 Å². The Balaban J connectivity index is 2.11. The molecule has 1 aromatic rings. The van der Waals surface area contributed by atoms with Crippen molar-refractivity contribution in [2.75, 3.05) is 11.9 Å². The number of carboxylic acids is 1. The molecule has 0 heterocycles. The van der Waals surface area contributed by atoms with Crippen molar-refractivity contribution in [3.63, 3.8) is 0 Å². The van der Waals surface area contributed by atoms with Gasteiger partial charge in [0.2, 0.25) is 5.91 Å². The fraction of sp³-hybridized carbons (Fsp3) is 0.500. The van der Waals surface area contributed by atoms with Crippen molar-refractivity contribution >= 4 is 17.6 Å². The number of hydrogen-bond donors (Lipinski definition) is 1. The van der Waals surface area contributed by atoms with E-state index in [-0.39, 0.29) is 12.3 Å². The molecule has 2 rings (SSSR count). The van der Waals surface area contributed by atoms with Crippen molar-refractivity contribution in [2.45, 2.75) is 39.0 Å². The minimum absolute atomic E-state index is 0.0900. The zero-order valence-electron chi connectivity index (χ0n) is 12.1. The second-order valence-electron chi connectivity index (χ2n) is 5.76. The lowest BCUT2D eigenvalue weighted by atomic mass is 9.82. The third-order valence-corrected chi connectivity index (χ3v) is 4.30. The van der Waals surface area contributed by atoms with Gasteiger partial charge >= 0.3 is 5.97 Å². The Bertz CT molecular complexity index is 501. The number of nitrogens with zero attached hydrogens (tertiary/aromatic N) is 1. The number of anilines is 1. The first kappa shape index (κ1) is 14.6. The van der Waals surface area contributed by atoms with Crippen molar-refractivity contribution in [3.05, 3.63) is 29.8 Å². The molecule has 1 N–H and O–H groups in total. The van der Waals surface area contributed by atoms with E-state index in [1.54, 1.807) is 11.9 Å². The fourth-order valence-electron chi connectivity index (χ4n) is 2.84. The van der Waals surface area contributed by atoms with Crippen LogP contribution >= 0.6 is 0 Å². The monoisotopic (exact) mass is 275 g/mol. The number of amides is 1. The molecule has 108 valence electrons. The molecule has 0 aromatic heterocycles. The zero-order valence-corrected chi connectivity index (χ0v) is 12.1. The van der Waals surface area contributed by atoms with Gasteiger partial charge < -0.3 is 10.0 Å². The lowest BCUT2D eigenvalue weighted by molar-refractivity contribution is -0.151. The van der Waals surface area contributed by atoms with Crippen molar-refractivity contribution in [1.29, 1.82) is 0 Å². The number of carbonyl (C=O) groups excluding carboxylic acids is 1. The summed E-state index contributed by atoms with van der Waals surface area (Å²) in [5.41, 5.74) is 1.09. The molecule has 4 heteroatoms. The molecule has 1 aliphatic rings. The van der Waals surface area contributed by atoms with Gasteiger partial charge in [0, 0.05) is 19.2 Å². The van der Waals surface area contributed by atoms with Gasteiger partial charge in [0.15, 0.2) is 0 Å². The summed E-state index contributed by atoms with van der Waals surface area (Å²) in [4.78, 5) is 25.4. The Labute approximate surface area is 119 Å². The van der Waals surface area contributed by atoms with E-state index in [2.05, 4.69) is 0 Å². The SMILES string of the molecule is Cc1ccc(N(C)C(=O)CC2(C(=O)O)CCCC2)cc1.